The average molecular weight is 667 g/mol. The Morgan fingerprint density at radius 2 is 1.70 bits per heavy atom. The lowest BCUT2D eigenvalue weighted by atomic mass is 9.85. The van der Waals surface area contributed by atoms with Gasteiger partial charge in [0, 0.05) is 24.9 Å². The molecule has 2 heterocycles. The minimum atomic E-state index is -4.82. The van der Waals surface area contributed by atoms with Gasteiger partial charge in [0.25, 0.3) is 5.91 Å². The molecular weight excluding hydrogens is 628 g/mol. The van der Waals surface area contributed by atoms with Crippen LogP contribution >= 0.6 is 7.60 Å². The van der Waals surface area contributed by atoms with Gasteiger partial charge in [0.05, 0.1) is 44.0 Å². The van der Waals surface area contributed by atoms with E-state index in [1.165, 1.54) is 20.2 Å². The van der Waals surface area contributed by atoms with E-state index in [9.17, 15) is 27.6 Å². The third-order valence-corrected chi connectivity index (χ3v) is 9.42. The summed E-state index contributed by atoms with van der Waals surface area (Å²) < 4.78 is 71.4. The molecule has 0 saturated heterocycles. The van der Waals surface area contributed by atoms with Crippen molar-refractivity contribution >= 4 is 36.6 Å². The number of halogens is 3. The fourth-order valence-corrected chi connectivity index (χ4v) is 6.83. The molecule has 250 valence electrons. The van der Waals surface area contributed by atoms with Gasteiger partial charge in [-0.3, -0.25) is 9.36 Å². The first-order valence-electron chi connectivity index (χ1n) is 14.8. The summed E-state index contributed by atoms with van der Waals surface area (Å²) in [5, 5.41) is 17.9. The monoisotopic (exact) mass is 666 g/mol. The molecule has 12 nitrogen and oxygen atoms in total. The molecule has 4 rings (SSSR count). The largest absolute Gasteiger partial charge is 0.495 e. The van der Waals surface area contributed by atoms with Gasteiger partial charge in [-0.1, -0.05) is 6.07 Å². The fraction of sp³-hybridized carbons (Fsp3) is 0.467. The molecule has 1 amide bonds. The van der Waals surface area contributed by atoms with Gasteiger partial charge < -0.3 is 34.8 Å². The number of rotatable bonds is 13. The maximum atomic E-state index is 14.1. The Balaban J connectivity index is 1.65. The molecule has 0 aliphatic heterocycles. The third-order valence-electron chi connectivity index (χ3n) is 7.36. The predicted octanol–water partition coefficient (Wildman–Crippen LogP) is 6.53. The first-order valence-corrected chi connectivity index (χ1v) is 16.6. The molecule has 0 unspecified atom stereocenters. The number of alkyl halides is 3. The topological polar surface area (TPSA) is 157 Å². The lowest BCUT2D eigenvalue weighted by molar-refractivity contribution is -0.137. The van der Waals surface area contributed by atoms with Crippen LogP contribution in [-0.2, 0) is 26.0 Å². The van der Waals surface area contributed by atoms with Crippen molar-refractivity contribution in [3.63, 3.8) is 0 Å². The summed E-state index contributed by atoms with van der Waals surface area (Å²) in [5.41, 5.74) is 0.299. The molecule has 0 atom stereocenters. The number of hydrogen-bond acceptors (Lipinski definition) is 11. The molecule has 3 aromatic rings. The number of ether oxygens (including phenoxy) is 1. The quantitative estimate of drug-likeness (QED) is 0.147. The lowest BCUT2D eigenvalue weighted by Crippen LogP contribution is -2.23. The highest BCUT2D eigenvalue weighted by Crippen LogP contribution is 2.51. The first kappa shape index (κ1) is 35.1. The van der Waals surface area contributed by atoms with Gasteiger partial charge in [0.1, 0.15) is 17.1 Å². The highest BCUT2D eigenvalue weighted by atomic mass is 31.2. The van der Waals surface area contributed by atoms with Crippen LogP contribution in [0.2, 0.25) is 0 Å². The first-order chi connectivity index (χ1) is 21.9. The smallest absolute Gasteiger partial charge is 0.421 e. The van der Waals surface area contributed by atoms with Crippen LogP contribution in [0.15, 0.2) is 36.5 Å². The van der Waals surface area contributed by atoms with Crippen LogP contribution < -0.4 is 20.7 Å². The summed E-state index contributed by atoms with van der Waals surface area (Å²) in [6.07, 6.45) is -2.03. The Hall–Kier alpha value is -3.78. The number of carbonyl (C=O) groups is 1. The second-order valence-corrected chi connectivity index (χ2v) is 12.6. The van der Waals surface area contributed by atoms with Crippen molar-refractivity contribution in [1.82, 2.24) is 20.3 Å². The number of amides is 1. The molecule has 16 heteroatoms. The van der Waals surface area contributed by atoms with E-state index in [0.29, 0.717) is 48.8 Å². The zero-order valence-corrected chi connectivity index (χ0v) is 26.9. The Morgan fingerprint density at radius 3 is 2.30 bits per heavy atom. The molecule has 0 bridgehead atoms. The van der Waals surface area contributed by atoms with E-state index in [2.05, 4.69) is 30.9 Å². The minimum absolute atomic E-state index is 0.00749. The standard InChI is InChI=1S/C30H38F3N6O6P/c1-5-44-46(42,45-6-2)17-18-7-12-23(25(15-18)43-4)38-29-35-16-21(30(31,32)33)27(39-29)37-24-14-13-22(36-26(24)28(41)34-3)19-8-10-20(40)11-9-19/h7,12-16,19-20,40H,5-6,8-11,17H2,1-4H3,(H,34,41)(H2,35,37,38,39)/t19-,20-. The van der Waals surface area contributed by atoms with Crippen molar-refractivity contribution in [1.29, 1.82) is 0 Å². The van der Waals surface area contributed by atoms with Crippen LogP contribution in [0.25, 0.3) is 0 Å². The Labute approximate surface area is 265 Å². The van der Waals surface area contributed by atoms with Gasteiger partial charge in [-0.05, 0) is 69.4 Å². The summed E-state index contributed by atoms with van der Waals surface area (Å²) >= 11 is 0. The third kappa shape index (κ3) is 8.72. The van der Waals surface area contributed by atoms with E-state index in [-0.39, 0.29) is 54.5 Å². The predicted molar refractivity (Wildman–Crippen MR) is 166 cm³/mol. The molecule has 0 spiro atoms. The zero-order chi connectivity index (χ0) is 33.5. The average Bonchev–Trinajstić information content (AvgIpc) is 3.01. The highest BCUT2D eigenvalue weighted by molar-refractivity contribution is 7.53. The molecule has 1 aliphatic rings. The van der Waals surface area contributed by atoms with E-state index >= 15 is 0 Å². The van der Waals surface area contributed by atoms with Crippen LogP contribution in [0, 0.1) is 0 Å². The summed E-state index contributed by atoms with van der Waals surface area (Å²) in [6.45, 7) is 3.82. The van der Waals surface area contributed by atoms with E-state index in [1.54, 1.807) is 38.1 Å². The number of hydrogen-bond donors (Lipinski definition) is 4. The van der Waals surface area contributed by atoms with Gasteiger partial charge in [-0.25, -0.2) is 9.97 Å². The summed E-state index contributed by atoms with van der Waals surface area (Å²) in [4.78, 5) is 25.3. The van der Waals surface area contributed by atoms with Gasteiger partial charge >= 0.3 is 13.8 Å². The van der Waals surface area contributed by atoms with E-state index in [0.717, 1.165) is 0 Å². The van der Waals surface area contributed by atoms with E-state index in [1.807, 2.05) is 0 Å². The second-order valence-electron chi connectivity index (χ2n) is 10.6. The van der Waals surface area contributed by atoms with Crippen LogP contribution in [0.1, 0.15) is 72.8 Å². The number of aromatic nitrogens is 3. The SMILES string of the molecule is CCOP(=O)(Cc1ccc(Nc2ncc(C(F)(F)F)c(Nc3ccc([C@H]4CC[C@H](O)CC4)nc3C(=O)NC)n2)c(OC)c1)OCC. The maximum absolute atomic E-state index is 14.1. The molecule has 1 fully saturated rings. The lowest BCUT2D eigenvalue weighted by Gasteiger charge is -2.25. The van der Waals surface area contributed by atoms with Crippen molar-refractivity contribution in [2.45, 2.75) is 63.9 Å². The molecule has 4 N–H and O–H groups in total. The van der Waals surface area contributed by atoms with Gasteiger partial charge in [0.2, 0.25) is 5.95 Å². The summed E-state index contributed by atoms with van der Waals surface area (Å²) in [7, 11) is -0.598. The van der Waals surface area contributed by atoms with Crippen molar-refractivity contribution in [2.75, 3.05) is 38.0 Å². The number of aliphatic hydroxyl groups is 1. The number of carbonyl (C=O) groups excluding carboxylic acids is 1. The molecule has 2 aromatic heterocycles. The van der Waals surface area contributed by atoms with Crippen molar-refractivity contribution in [3.8, 4) is 5.75 Å². The number of benzene rings is 1. The molecule has 1 saturated carbocycles. The van der Waals surface area contributed by atoms with Gasteiger partial charge in [-0.2, -0.15) is 18.2 Å². The Morgan fingerprint density at radius 1 is 1.02 bits per heavy atom. The number of pyridine rings is 1. The molecular formula is C30H38F3N6O6P. The molecule has 1 aliphatic carbocycles. The minimum Gasteiger partial charge on any atom is -0.495 e. The van der Waals surface area contributed by atoms with E-state index in [4.69, 9.17) is 13.8 Å². The van der Waals surface area contributed by atoms with E-state index < -0.39 is 31.1 Å². The van der Waals surface area contributed by atoms with Crippen molar-refractivity contribution in [2.24, 2.45) is 0 Å². The number of nitrogens with zero attached hydrogens (tertiary/aromatic N) is 3. The number of anilines is 4. The van der Waals surface area contributed by atoms with Crippen LogP contribution in [-0.4, -0.2) is 59.4 Å². The number of aliphatic hydroxyl groups excluding tert-OH is 1. The number of methoxy groups -OCH3 is 1. The summed E-state index contributed by atoms with van der Waals surface area (Å²) in [5.74, 6) is -1.09. The molecule has 0 radical (unpaired) electrons. The van der Waals surface area contributed by atoms with Crippen LogP contribution in [0.3, 0.4) is 0 Å². The summed E-state index contributed by atoms with van der Waals surface area (Å²) in [6, 6.07) is 7.99. The molecule has 46 heavy (non-hydrogen) atoms. The Kier molecular flexibility index (Phi) is 11.6. The molecule has 1 aromatic carbocycles. The second kappa shape index (κ2) is 15.2. The van der Waals surface area contributed by atoms with Crippen LogP contribution in [0.5, 0.6) is 5.75 Å². The maximum Gasteiger partial charge on any atom is 0.421 e. The van der Waals surface area contributed by atoms with Crippen molar-refractivity contribution in [3.05, 3.63) is 59.0 Å². The van der Waals surface area contributed by atoms with Crippen LogP contribution in [0.4, 0.5) is 36.3 Å². The Bertz CT molecular complexity index is 1560. The zero-order valence-electron chi connectivity index (χ0n) is 26.0. The van der Waals surface area contributed by atoms with Gasteiger partial charge in [-0.15, -0.1) is 0 Å². The normalized spacial score (nSPS) is 17.0. The highest BCUT2D eigenvalue weighted by Gasteiger charge is 2.36. The fourth-order valence-electron chi connectivity index (χ4n) is 5.14. The number of nitrogens with one attached hydrogen (secondary N) is 3. The van der Waals surface area contributed by atoms with Crippen molar-refractivity contribution < 1.29 is 41.4 Å². The van der Waals surface area contributed by atoms with Gasteiger partial charge in [0.15, 0.2) is 5.69 Å².